The lowest BCUT2D eigenvalue weighted by Crippen LogP contribution is -2.55. The lowest BCUT2D eigenvalue weighted by Gasteiger charge is -2.58. The summed E-state index contributed by atoms with van der Waals surface area (Å²) in [5.74, 6) is 2.54. The number of ether oxygens (including phenoxy) is 1. The maximum absolute atomic E-state index is 13.5. The van der Waals surface area contributed by atoms with E-state index in [9.17, 15) is 23.7 Å². The minimum absolute atomic E-state index is 0.00449. The SMILES string of the molecule is CC(C)(F)CC(=O)OC#CCSC(=O)C1CCC2C3CCC4=CC(=O)C=CC4(C)C3C(N=O)CC12C. The number of alkyl halides is 1. The molecule has 4 aliphatic rings. The lowest BCUT2D eigenvalue weighted by atomic mass is 9.46. The molecule has 4 aliphatic carbocycles. The van der Waals surface area contributed by atoms with Gasteiger partial charge in [-0.3, -0.25) is 14.4 Å². The molecule has 0 amide bonds. The average Bonchev–Trinajstić information content (AvgIpc) is 3.14. The first-order valence-corrected chi connectivity index (χ1v) is 13.7. The third kappa shape index (κ3) is 4.96. The van der Waals surface area contributed by atoms with Gasteiger partial charge >= 0.3 is 5.97 Å². The van der Waals surface area contributed by atoms with E-state index in [4.69, 9.17) is 4.74 Å². The van der Waals surface area contributed by atoms with Gasteiger partial charge in [0.1, 0.15) is 11.8 Å². The zero-order valence-corrected chi connectivity index (χ0v) is 22.2. The second kappa shape index (κ2) is 9.89. The van der Waals surface area contributed by atoms with Gasteiger partial charge in [-0.1, -0.05) is 42.4 Å². The molecule has 3 saturated carbocycles. The van der Waals surface area contributed by atoms with Gasteiger partial charge in [0.25, 0.3) is 0 Å². The molecule has 0 spiro atoms. The summed E-state index contributed by atoms with van der Waals surface area (Å²) in [6, 6.07) is -0.417. The topological polar surface area (TPSA) is 89.9 Å². The van der Waals surface area contributed by atoms with Gasteiger partial charge in [-0.05, 0) is 81.3 Å². The number of thioether (sulfide) groups is 1. The molecule has 7 unspecified atom stereocenters. The number of ketones is 1. The van der Waals surface area contributed by atoms with Gasteiger partial charge in [-0.15, -0.1) is 0 Å². The largest absolute Gasteiger partial charge is 0.372 e. The van der Waals surface area contributed by atoms with Crippen LogP contribution in [0.3, 0.4) is 0 Å². The van der Waals surface area contributed by atoms with Crippen molar-refractivity contribution in [3.63, 3.8) is 0 Å². The van der Waals surface area contributed by atoms with Crippen LogP contribution in [0.25, 0.3) is 0 Å². The number of nitrogens with zero attached hydrogens (tertiary/aromatic N) is 1. The number of halogens is 1. The summed E-state index contributed by atoms with van der Waals surface area (Å²) in [7, 11) is 0. The van der Waals surface area contributed by atoms with E-state index in [1.54, 1.807) is 12.2 Å². The average molecular weight is 516 g/mol. The molecule has 0 bridgehead atoms. The molecule has 8 heteroatoms. The van der Waals surface area contributed by atoms with Crippen LogP contribution >= 0.6 is 11.8 Å². The number of fused-ring (bicyclic) bond motifs is 5. The Morgan fingerprint density at radius 2 is 2.03 bits per heavy atom. The van der Waals surface area contributed by atoms with Crippen molar-refractivity contribution in [3.05, 3.63) is 28.7 Å². The smallest absolute Gasteiger partial charge is 0.322 e. The van der Waals surface area contributed by atoms with Gasteiger partial charge in [0.05, 0.1) is 18.2 Å². The molecule has 4 rings (SSSR count). The molecule has 0 aromatic heterocycles. The van der Waals surface area contributed by atoms with Gasteiger partial charge in [-0.2, -0.15) is 4.91 Å². The molecular weight excluding hydrogens is 481 g/mol. The third-order valence-electron chi connectivity index (χ3n) is 9.00. The minimum atomic E-state index is -1.66. The highest BCUT2D eigenvalue weighted by atomic mass is 32.2. The normalized spacial score (nSPS) is 37.0. The highest BCUT2D eigenvalue weighted by Crippen LogP contribution is 2.66. The summed E-state index contributed by atoms with van der Waals surface area (Å²) in [5.41, 5.74) is -1.23. The Balaban J connectivity index is 1.44. The standard InChI is InChI=1S/C28H34FNO5S/c1-26(2,29)16-23(32)35-12-5-13-36-25(33)21-9-8-20-19-7-6-17-14-18(31)10-11-27(17,3)24(19)22(30-34)15-28(20,21)4/h10-11,14,19-22,24H,6-9,13,15-16H2,1-4H3. The Labute approximate surface area is 216 Å². The molecule has 0 radical (unpaired) electrons. The monoisotopic (exact) mass is 515 g/mol. The molecule has 3 fully saturated rings. The quantitative estimate of drug-likeness (QED) is 0.271. The summed E-state index contributed by atoms with van der Waals surface area (Å²) in [6.07, 6.45) is 11.2. The Morgan fingerprint density at radius 1 is 1.28 bits per heavy atom. The van der Waals surface area contributed by atoms with E-state index >= 15 is 0 Å². The third-order valence-corrected chi connectivity index (χ3v) is 9.86. The first-order chi connectivity index (χ1) is 16.9. The van der Waals surface area contributed by atoms with Crippen molar-refractivity contribution in [2.45, 2.75) is 77.9 Å². The summed E-state index contributed by atoms with van der Waals surface area (Å²) in [6.45, 7) is 6.86. The van der Waals surface area contributed by atoms with Crippen LogP contribution in [-0.2, 0) is 19.1 Å². The van der Waals surface area contributed by atoms with Gasteiger partial charge < -0.3 is 4.74 Å². The molecule has 6 nitrogen and oxygen atoms in total. The van der Waals surface area contributed by atoms with E-state index in [1.807, 2.05) is 6.08 Å². The maximum atomic E-state index is 13.5. The highest BCUT2D eigenvalue weighted by Gasteiger charge is 2.63. The number of carbonyl (C=O) groups is 3. The predicted molar refractivity (Wildman–Crippen MR) is 136 cm³/mol. The molecule has 194 valence electrons. The number of rotatable bonds is 5. The molecule has 36 heavy (non-hydrogen) atoms. The fourth-order valence-electron chi connectivity index (χ4n) is 7.53. The number of hydrogen-bond donors (Lipinski definition) is 0. The fraction of sp³-hybridized carbons (Fsp3) is 0.679. The number of allylic oxidation sites excluding steroid dienone is 4. The highest BCUT2D eigenvalue weighted by molar-refractivity contribution is 8.13. The van der Waals surface area contributed by atoms with Crippen molar-refractivity contribution in [3.8, 4) is 12.0 Å². The summed E-state index contributed by atoms with van der Waals surface area (Å²) < 4.78 is 18.2. The van der Waals surface area contributed by atoms with Crippen LogP contribution < -0.4 is 0 Å². The lowest BCUT2D eigenvalue weighted by molar-refractivity contribution is -0.139. The molecule has 0 saturated heterocycles. The van der Waals surface area contributed by atoms with E-state index in [0.717, 1.165) is 43.0 Å². The Hall–Kier alpha value is -2.27. The Morgan fingerprint density at radius 3 is 2.72 bits per heavy atom. The molecular formula is C28H34FNO5S. The number of nitroso groups, excluding NO2 is 1. The molecule has 0 aromatic carbocycles. The van der Waals surface area contributed by atoms with Gasteiger partial charge in [0.15, 0.2) is 10.9 Å². The van der Waals surface area contributed by atoms with Crippen LogP contribution in [0.5, 0.6) is 0 Å². The first kappa shape index (κ1) is 26.8. The van der Waals surface area contributed by atoms with Crippen molar-refractivity contribution in [2.24, 2.45) is 39.7 Å². The molecule has 0 N–H and O–H groups in total. The van der Waals surface area contributed by atoms with E-state index in [1.165, 1.54) is 13.8 Å². The molecule has 0 heterocycles. The van der Waals surface area contributed by atoms with Crippen molar-refractivity contribution >= 4 is 28.6 Å². The summed E-state index contributed by atoms with van der Waals surface area (Å²) in [4.78, 5) is 49.0. The van der Waals surface area contributed by atoms with E-state index in [2.05, 4.69) is 31.1 Å². The van der Waals surface area contributed by atoms with Crippen molar-refractivity contribution in [1.82, 2.24) is 0 Å². The van der Waals surface area contributed by atoms with Crippen molar-refractivity contribution < 1.29 is 23.5 Å². The van der Waals surface area contributed by atoms with Crippen molar-refractivity contribution in [2.75, 3.05) is 5.75 Å². The summed E-state index contributed by atoms with van der Waals surface area (Å²) >= 11 is 1.10. The van der Waals surface area contributed by atoms with Crippen LogP contribution in [0, 0.1) is 51.4 Å². The maximum Gasteiger partial charge on any atom is 0.322 e. The van der Waals surface area contributed by atoms with Gasteiger partial charge in [0.2, 0.25) is 0 Å². The Kier molecular flexibility index (Phi) is 7.36. The zero-order valence-electron chi connectivity index (χ0n) is 21.3. The predicted octanol–water partition coefficient (Wildman–Crippen LogP) is 5.56. The van der Waals surface area contributed by atoms with Gasteiger partial charge in [0, 0.05) is 17.3 Å². The molecule has 7 atom stereocenters. The van der Waals surface area contributed by atoms with Gasteiger partial charge in [-0.25, -0.2) is 4.39 Å². The van der Waals surface area contributed by atoms with Crippen LogP contribution in [-0.4, -0.2) is 34.3 Å². The first-order valence-electron chi connectivity index (χ1n) is 12.7. The van der Waals surface area contributed by atoms with Crippen LogP contribution in [0.1, 0.15) is 66.2 Å². The van der Waals surface area contributed by atoms with E-state index in [-0.39, 0.29) is 51.7 Å². The van der Waals surface area contributed by atoms with Crippen LogP contribution in [0.15, 0.2) is 29.0 Å². The Bertz CT molecular complexity index is 1080. The second-order valence-corrected chi connectivity index (χ2v) is 12.8. The minimum Gasteiger partial charge on any atom is -0.372 e. The summed E-state index contributed by atoms with van der Waals surface area (Å²) in [5, 5.41) is 3.64. The number of hydrogen-bond acceptors (Lipinski definition) is 7. The zero-order chi connectivity index (χ0) is 26.3. The number of esters is 1. The number of carbonyl (C=O) groups excluding carboxylic acids is 3. The van der Waals surface area contributed by atoms with Crippen LogP contribution in [0.2, 0.25) is 0 Å². The van der Waals surface area contributed by atoms with E-state index < -0.39 is 17.7 Å². The fourth-order valence-corrected chi connectivity index (χ4v) is 8.39. The molecule has 0 aromatic rings. The second-order valence-electron chi connectivity index (χ2n) is 11.8. The molecule has 0 aliphatic heterocycles. The van der Waals surface area contributed by atoms with Crippen molar-refractivity contribution in [1.29, 1.82) is 0 Å². The van der Waals surface area contributed by atoms with E-state index in [0.29, 0.717) is 12.3 Å². The van der Waals surface area contributed by atoms with Crippen LogP contribution in [0.4, 0.5) is 4.39 Å².